The summed E-state index contributed by atoms with van der Waals surface area (Å²) in [4.78, 5) is 21.8. The first-order valence-electron chi connectivity index (χ1n) is 5.16. The summed E-state index contributed by atoms with van der Waals surface area (Å²) >= 11 is 0. The third-order valence-corrected chi connectivity index (χ3v) is 2.26. The van der Waals surface area contributed by atoms with E-state index in [0.29, 0.717) is 5.69 Å². The van der Waals surface area contributed by atoms with Crippen LogP contribution in [0, 0.1) is 22.9 Å². The van der Waals surface area contributed by atoms with Crippen molar-refractivity contribution in [3.63, 3.8) is 0 Å². The molecule has 1 heterocycles. The third kappa shape index (κ3) is 2.73. The Bertz CT molecular complexity index is 653. The highest BCUT2D eigenvalue weighted by molar-refractivity contribution is 6.06. The van der Waals surface area contributed by atoms with Crippen LogP contribution in [0.5, 0.6) is 0 Å². The predicted molar refractivity (Wildman–Crippen MR) is 62.2 cm³/mol. The molecular weight excluding hydrogens is 257 g/mol. The van der Waals surface area contributed by atoms with Gasteiger partial charge in [-0.15, -0.1) is 0 Å². The lowest BCUT2D eigenvalue weighted by Gasteiger charge is -2.02. The molecule has 7 nitrogen and oxygen atoms in total. The lowest BCUT2D eigenvalue weighted by Crippen LogP contribution is -2.13. The topological polar surface area (TPSA) is 98.3 Å². The summed E-state index contributed by atoms with van der Waals surface area (Å²) in [5.74, 6) is -1.56. The number of hydrogen-bond acceptors (Lipinski definition) is 5. The van der Waals surface area contributed by atoms with Gasteiger partial charge >= 0.3 is 0 Å². The zero-order chi connectivity index (χ0) is 14.0. The van der Waals surface area contributed by atoms with Crippen LogP contribution in [0.3, 0.4) is 0 Å². The van der Waals surface area contributed by atoms with Crippen molar-refractivity contribution in [3.8, 4) is 0 Å². The Morgan fingerprint density at radius 2 is 2.21 bits per heavy atom. The van der Waals surface area contributed by atoms with E-state index in [4.69, 9.17) is 4.52 Å². The Hall–Kier alpha value is -2.77. The largest absolute Gasteiger partial charge is 0.338 e. The fraction of sp³-hybridized carbons (Fsp3) is 0.0909. The fourth-order valence-electron chi connectivity index (χ4n) is 1.45. The summed E-state index contributed by atoms with van der Waals surface area (Å²) in [6.07, 6.45) is 0. The summed E-state index contributed by atoms with van der Waals surface area (Å²) in [5, 5.41) is 16.6. The quantitative estimate of drug-likeness (QED) is 0.678. The van der Waals surface area contributed by atoms with Crippen LogP contribution in [0.25, 0.3) is 0 Å². The molecule has 1 N–H and O–H groups in total. The monoisotopic (exact) mass is 265 g/mol. The minimum atomic E-state index is -0.845. The van der Waals surface area contributed by atoms with Gasteiger partial charge < -0.3 is 4.52 Å². The van der Waals surface area contributed by atoms with E-state index in [9.17, 15) is 19.3 Å². The number of nitrogens with one attached hydrogen (secondary N) is 1. The molecule has 0 fully saturated rings. The number of nitrogens with zero attached hydrogens (tertiary/aromatic N) is 2. The zero-order valence-corrected chi connectivity index (χ0v) is 9.71. The Labute approximate surface area is 106 Å². The fourth-order valence-corrected chi connectivity index (χ4v) is 1.45. The number of aryl methyl sites for hydroxylation is 1. The standard InChI is InChI=1S/C11H8FN3O4/c1-6-4-10(19-14-6)13-11(16)8-5-7(12)2-3-9(8)15(17)18/h2-5H,1H3,(H,13,16). The number of anilines is 1. The van der Waals surface area contributed by atoms with Crippen LogP contribution in [0.2, 0.25) is 0 Å². The Morgan fingerprint density at radius 3 is 2.79 bits per heavy atom. The number of nitro groups is 1. The molecular formula is C11H8FN3O4. The van der Waals surface area contributed by atoms with E-state index in [1.165, 1.54) is 6.07 Å². The van der Waals surface area contributed by atoms with Crippen molar-refractivity contribution in [3.05, 3.63) is 51.5 Å². The molecule has 0 aliphatic heterocycles. The molecule has 1 amide bonds. The van der Waals surface area contributed by atoms with Crippen molar-refractivity contribution in [1.29, 1.82) is 0 Å². The molecule has 1 aromatic carbocycles. The van der Waals surface area contributed by atoms with Gasteiger partial charge in [0.25, 0.3) is 11.6 Å². The van der Waals surface area contributed by atoms with Crippen molar-refractivity contribution >= 4 is 17.5 Å². The van der Waals surface area contributed by atoms with Gasteiger partial charge in [0.15, 0.2) is 0 Å². The van der Waals surface area contributed by atoms with Crippen molar-refractivity contribution in [2.75, 3.05) is 5.32 Å². The maximum Gasteiger partial charge on any atom is 0.282 e. The number of rotatable bonds is 3. The molecule has 2 aromatic rings. The first kappa shape index (κ1) is 12.7. The van der Waals surface area contributed by atoms with Crippen LogP contribution in [-0.4, -0.2) is 16.0 Å². The van der Waals surface area contributed by atoms with Crippen molar-refractivity contribution in [2.45, 2.75) is 6.92 Å². The number of carbonyl (C=O) groups is 1. The van der Waals surface area contributed by atoms with Crippen molar-refractivity contribution in [2.24, 2.45) is 0 Å². The smallest absolute Gasteiger partial charge is 0.282 e. The number of nitro benzene ring substituents is 1. The average molecular weight is 265 g/mol. The summed E-state index contributed by atoms with van der Waals surface area (Å²) in [5.41, 5.74) is -0.349. The number of amides is 1. The highest BCUT2D eigenvalue weighted by atomic mass is 19.1. The van der Waals surface area contributed by atoms with Gasteiger partial charge in [0, 0.05) is 12.1 Å². The maximum atomic E-state index is 13.1. The van der Waals surface area contributed by atoms with E-state index in [0.717, 1.165) is 18.2 Å². The summed E-state index contributed by atoms with van der Waals surface area (Å²) in [6.45, 7) is 1.64. The minimum Gasteiger partial charge on any atom is -0.338 e. The molecule has 0 aliphatic rings. The summed E-state index contributed by atoms with van der Waals surface area (Å²) < 4.78 is 17.8. The molecule has 0 atom stereocenters. The molecule has 0 aliphatic carbocycles. The Morgan fingerprint density at radius 1 is 1.47 bits per heavy atom. The number of hydrogen-bond donors (Lipinski definition) is 1. The molecule has 0 saturated carbocycles. The number of benzene rings is 1. The normalized spacial score (nSPS) is 10.2. The van der Waals surface area contributed by atoms with Crippen LogP contribution < -0.4 is 5.32 Å². The first-order chi connectivity index (χ1) is 8.97. The molecule has 0 radical (unpaired) electrons. The van der Waals surface area contributed by atoms with Gasteiger partial charge in [0.1, 0.15) is 11.4 Å². The molecule has 0 spiro atoms. The Balaban J connectivity index is 2.32. The average Bonchev–Trinajstić information content (AvgIpc) is 2.74. The van der Waals surface area contributed by atoms with E-state index >= 15 is 0 Å². The number of carbonyl (C=O) groups excluding carboxylic acids is 1. The van der Waals surface area contributed by atoms with Gasteiger partial charge in [-0.05, 0) is 19.1 Å². The SMILES string of the molecule is Cc1cc(NC(=O)c2cc(F)ccc2[N+](=O)[O-])on1. The van der Waals surface area contributed by atoms with Crippen LogP contribution in [0.1, 0.15) is 16.1 Å². The highest BCUT2D eigenvalue weighted by Crippen LogP contribution is 2.21. The van der Waals surface area contributed by atoms with Gasteiger partial charge in [0.05, 0.1) is 10.6 Å². The van der Waals surface area contributed by atoms with Gasteiger partial charge in [-0.1, -0.05) is 5.16 Å². The summed E-state index contributed by atoms with van der Waals surface area (Å²) in [7, 11) is 0. The maximum absolute atomic E-state index is 13.1. The van der Waals surface area contributed by atoms with E-state index in [2.05, 4.69) is 10.5 Å². The second-order valence-electron chi connectivity index (χ2n) is 3.71. The van der Waals surface area contributed by atoms with Gasteiger partial charge in [-0.2, -0.15) is 0 Å². The minimum absolute atomic E-state index is 0.0288. The molecule has 1 aromatic heterocycles. The number of aromatic nitrogens is 1. The van der Waals surface area contributed by atoms with Crippen molar-refractivity contribution in [1.82, 2.24) is 5.16 Å². The second kappa shape index (κ2) is 4.84. The second-order valence-corrected chi connectivity index (χ2v) is 3.71. The van der Waals surface area contributed by atoms with Crippen LogP contribution in [0.4, 0.5) is 16.0 Å². The molecule has 2 rings (SSSR count). The van der Waals surface area contributed by atoms with Crippen LogP contribution in [0.15, 0.2) is 28.8 Å². The van der Waals surface area contributed by atoms with E-state index in [1.807, 2.05) is 0 Å². The molecule has 0 bridgehead atoms. The predicted octanol–water partition coefficient (Wildman–Crippen LogP) is 2.28. The van der Waals surface area contributed by atoms with Crippen LogP contribution in [-0.2, 0) is 0 Å². The third-order valence-electron chi connectivity index (χ3n) is 2.26. The first-order valence-corrected chi connectivity index (χ1v) is 5.16. The van der Waals surface area contributed by atoms with Crippen LogP contribution >= 0.6 is 0 Å². The molecule has 0 saturated heterocycles. The van der Waals surface area contributed by atoms with E-state index in [1.54, 1.807) is 6.92 Å². The zero-order valence-electron chi connectivity index (χ0n) is 9.71. The highest BCUT2D eigenvalue weighted by Gasteiger charge is 2.21. The lowest BCUT2D eigenvalue weighted by atomic mass is 10.1. The molecule has 19 heavy (non-hydrogen) atoms. The Kier molecular flexibility index (Phi) is 3.23. The van der Waals surface area contributed by atoms with E-state index in [-0.39, 0.29) is 11.4 Å². The van der Waals surface area contributed by atoms with Gasteiger partial charge in [0.2, 0.25) is 5.88 Å². The molecule has 8 heteroatoms. The van der Waals surface area contributed by atoms with E-state index < -0.39 is 22.3 Å². The summed E-state index contributed by atoms with van der Waals surface area (Å²) in [6, 6.07) is 4.06. The molecule has 0 unspecified atom stereocenters. The van der Waals surface area contributed by atoms with Gasteiger partial charge in [-0.25, -0.2) is 4.39 Å². The van der Waals surface area contributed by atoms with Gasteiger partial charge in [-0.3, -0.25) is 20.2 Å². The lowest BCUT2D eigenvalue weighted by molar-refractivity contribution is -0.385. The number of halogens is 1. The molecule has 98 valence electrons. The van der Waals surface area contributed by atoms with Crippen molar-refractivity contribution < 1.29 is 18.6 Å².